The van der Waals surface area contributed by atoms with E-state index in [0.717, 1.165) is 16.9 Å². The molecule has 10 heteroatoms. The van der Waals surface area contributed by atoms with Crippen LogP contribution < -0.4 is 4.80 Å². The second-order valence-electron chi connectivity index (χ2n) is 5.39. The predicted octanol–water partition coefficient (Wildman–Crippen LogP) is 3.22. The van der Waals surface area contributed by atoms with E-state index in [1.165, 1.54) is 23.5 Å². The minimum absolute atomic E-state index is 0.134. The number of thiophene rings is 1. The second-order valence-corrected chi connectivity index (χ2v) is 7.46. The third-order valence-electron chi connectivity index (χ3n) is 3.62. The summed E-state index contributed by atoms with van der Waals surface area (Å²) in [6.07, 6.45) is 5.44. The van der Waals surface area contributed by atoms with Crippen molar-refractivity contribution in [2.24, 2.45) is 4.99 Å². The number of carbonyl (C=O) groups is 2. The van der Waals surface area contributed by atoms with Crippen LogP contribution in [0.4, 0.5) is 5.00 Å². The predicted molar refractivity (Wildman–Crippen MR) is 105 cm³/mol. The largest absolute Gasteiger partial charge is 0.462 e. The number of aromatic nitrogens is 1. The zero-order chi connectivity index (χ0) is 20.3. The van der Waals surface area contributed by atoms with Crippen molar-refractivity contribution >= 4 is 49.8 Å². The van der Waals surface area contributed by atoms with Gasteiger partial charge in [-0.05, 0) is 31.2 Å². The normalized spacial score (nSPS) is 11.4. The minimum atomic E-state index is -0.596. The monoisotopic (exact) mass is 415 g/mol. The molecule has 0 unspecified atom stereocenters. The van der Waals surface area contributed by atoms with Crippen molar-refractivity contribution in [2.45, 2.75) is 13.5 Å². The van der Waals surface area contributed by atoms with Crippen LogP contribution in [0.15, 0.2) is 35.3 Å². The van der Waals surface area contributed by atoms with Gasteiger partial charge in [-0.1, -0.05) is 28.6 Å². The van der Waals surface area contributed by atoms with Gasteiger partial charge >= 0.3 is 11.0 Å². The third kappa shape index (κ3) is 3.85. The van der Waals surface area contributed by atoms with Crippen molar-refractivity contribution in [3.05, 3.63) is 55.7 Å². The quantitative estimate of drug-likeness (QED) is 0.275. The van der Waals surface area contributed by atoms with Crippen molar-refractivity contribution in [1.82, 2.24) is 4.57 Å². The summed E-state index contributed by atoms with van der Waals surface area (Å²) in [6, 6.07) is 7.62. The highest BCUT2D eigenvalue weighted by atomic mass is 32.1. The number of ether oxygens (including phenoxy) is 1. The summed E-state index contributed by atoms with van der Waals surface area (Å²) >= 11 is 1.95. The Morgan fingerprint density at radius 2 is 2.11 bits per heavy atom. The van der Waals surface area contributed by atoms with E-state index in [1.807, 2.05) is 0 Å². The fourth-order valence-electron chi connectivity index (χ4n) is 2.43. The fraction of sp³-hybridized carbons (Fsp3) is 0.167. The highest BCUT2D eigenvalue weighted by Crippen LogP contribution is 2.25. The Balaban J connectivity index is 2.07. The van der Waals surface area contributed by atoms with Crippen molar-refractivity contribution in [1.29, 1.82) is 0 Å². The summed E-state index contributed by atoms with van der Waals surface area (Å²) in [5, 5.41) is 10.7. The number of hydrogen-bond donors (Lipinski definition) is 0. The van der Waals surface area contributed by atoms with Gasteiger partial charge in [-0.25, -0.2) is 4.79 Å². The van der Waals surface area contributed by atoms with E-state index in [4.69, 9.17) is 11.2 Å². The van der Waals surface area contributed by atoms with E-state index in [9.17, 15) is 19.7 Å². The molecule has 3 rings (SSSR count). The van der Waals surface area contributed by atoms with Crippen LogP contribution in [0.2, 0.25) is 0 Å². The molecule has 0 N–H and O–H groups in total. The van der Waals surface area contributed by atoms with Crippen LogP contribution in [0.3, 0.4) is 0 Å². The van der Waals surface area contributed by atoms with Crippen molar-refractivity contribution in [3.63, 3.8) is 0 Å². The molecule has 0 radical (unpaired) electrons. The molecule has 142 valence electrons. The molecule has 0 saturated carbocycles. The van der Waals surface area contributed by atoms with E-state index in [2.05, 4.69) is 10.9 Å². The Labute approximate surface area is 166 Å². The number of thiazole rings is 1. The Bertz CT molecular complexity index is 1200. The van der Waals surface area contributed by atoms with E-state index in [0.29, 0.717) is 15.1 Å². The third-order valence-corrected chi connectivity index (χ3v) is 5.69. The van der Waals surface area contributed by atoms with E-state index in [-0.39, 0.29) is 23.0 Å². The van der Waals surface area contributed by atoms with Gasteiger partial charge in [0.25, 0.3) is 5.91 Å². The van der Waals surface area contributed by atoms with Crippen LogP contribution in [0.1, 0.15) is 27.0 Å². The topological polar surface area (TPSA) is 104 Å². The summed E-state index contributed by atoms with van der Waals surface area (Å²) in [5.74, 6) is 1.47. The summed E-state index contributed by atoms with van der Waals surface area (Å²) in [7, 11) is 0. The first-order valence-electron chi connectivity index (χ1n) is 8.02. The summed E-state index contributed by atoms with van der Waals surface area (Å²) < 4.78 is 7.39. The summed E-state index contributed by atoms with van der Waals surface area (Å²) in [6.45, 7) is 2.16. The molecule has 1 amide bonds. The molecule has 3 aromatic rings. The van der Waals surface area contributed by atoms with Gasteiger partial charge < -0.3 is 9.30 Å². The maximum atomic E-state index is 12.4. The highest BCUT2D eigenvalue weighted by molar-refractivity contribution is 7.17. The molecule has 0 fully saturated rings. The molecule has 0 saturated heterocycles. The zero-order valence-corrected chi connectivity index (χ0v) is 16.2. The lowest BCUT2D eigenvalue weighted by Gasteiger charge is -2.03. The Morgan fingerprint density at radius 3 is 2.75 bits per heavy atom. The molecule has 0 atom stereocenters. The lowest BCUT2D eigenvalue weighted by atomic mass is 10.2. The maximum absolute atomic E-state index is 12.4. The number of rotatable bonds is 5. The van der Waals surface area contributed by atoms with Crippen LogP contribution in [0, 0.1) is 22.5 Å². The zero-order valence-electron chi connectivity index (χ0n) is 14.6. The molecular weight excluding hydrogens is 402 g/mol. The molecule has 0 bridgehead atoms. The number of nitro groups is 1. The van der Waals surface area contributed by atoms with Gasteiger partial charge in [0.05, 0.1) is 33.9 Å². The van der Waals surface area contributed by atoms with Gasteiger partial charge in [-0.15, -0.1) is 6.42 Å². The Kier molecular flexibility index (Phi) is 5.67. The van der Waals surface area contributed by atoms with Gasteiger partial charge in [0, 0.05) is 6.07 Å². The van der Waals surface area contributed by atoms with Crippen molar-refractivity contribution in [3.8, 4) is 12.3 Å². The number of esters is 1. The van der Waals surface area contributed by atoms with E-state index >= 15 is 0 Å². The lowest BCUT2D eigenvalue weighted by Crippen LogP contribution is -2.16. The van der Waals surface area contributed by atoms with Crippen molar-refractivity contribution in [2.75, 3.05) is 6.61 Å². The van der Waals surface area contributed by atoms with Crippen LogP contribution >= 0.6 is 22.7 Å². The van der Waals surface area contributed by atoms with Crippen LogP contribution in [0.5, 0.6) is 0 Å². The molecule has 0 spiro atoms. The molecule has 0 aliphatic heterocycles. The first kappa shape index (κ1) is 19.5. The number of amides is 1. The molecule has 2 heterocycles. The van der Waals surface area contributed by atoms with Crippen molar-refractivity contribution < 1.29 is 19.2 Å². The fourth-order valence-corrected chi connectivity index (χ4v) is 4.20. The Hall–Kier alpha value is -3.29. The number of nitrogens with zero attached hydrogens (tertiary/aromatic N) is 3. The Morgan fingerprint density at radius 1 is 1.32 bits per heavy atom. The molecule has 28 heavy (non-hydrogen) atoms. The number of hydrogen-bond acceptors (Lipinski definition) is 7. The molecule has 0 aliphatic carbocycles. The van der Waals surface area contributed by atoms with Gasteiger partial charge in [0.1, 0.15) is 4.88 Å². The number of terminal acetylenes is 1. The van der Waals surface area contributed by atoms with Crippen LogP contribution in [0.25, 0.3) is 10.2 Å². The lowest BCUT2D eigenvalue weighted by molar-refractivity contribution is -0.380. The second kappa shape index (κ2) is 8.16. The van der Waals surface area contributed by atoms with Gasteiger partial charge in [0.15, 0.2) is 4.80 Å². The first-order valence-corrected chi connectivity index (χ1v) is 9.65. The highest BCUT2D eigenvalue weighted by Gasteiger charge is 2.16. The number of fused-ring (bicyclic) bond motifs is 1. The SMILES string of the molecule is C#CCn1c(=NC(=O)c2ccc([N+](=O)[O-])s2)sc2cc(C(=O)OCC)ccc21. The minimum Gasteiger partial charge on any atom is -0.462 e. The summed E-state index contributed by atoms with van der Waals surface area (Å²) in [4.78, 5) is 39.2. The first-order chi connectivity index (χ1) is 13.4. The molecule has 0 aliphatic rings. The molecule has 1 aromatic carbocycles. The summed E-state index contributed by atoms with van der Waals surface area (Å²) in [5.41, 5.74) is 1.11. The average molecular weight is 415 g/mol. The number of benzene rings is 1. The molecule has 2 aromatic heterocycles. The van der Waals surface area contributed by atoms with Crippen LogP contribution in [-0.4, -0.2) is 28.0 Å². The standard InChI is InChI=1S/C18H13N3O5S2/c1-3-9-20-12-6-5-11(17(23)26-4-2)10-14(12)28-18(20)19-16(22)13-7-8-15(27-13)21(24)25/h1,5-8,10H,4,9H2,2H3. The molecule has 8 nitrogen and oxygen atoms in total. The maximum Gasteiger partial charge on any atom is 0.338 e. The van der Waals surface area contributed by atoms with Gasteiger partial charge in [-0.2, -0.15) is 4.99 Å². The van der Waals surface area contributed by atoms with Gasteiger partial charge in [0.2, 0.25) is 0 Å². The van der Waals surface area contributed by atoms with E-state index < -0.39 is 16.8 Å². The molecular formula is C18H13N3O5S2. The van der Waals surface area contributed by atoms with E-state index in [1.54, 1.807) is 29.7 Å². The smallest absolute Gasteiger partial charge is 0.338 e. The average Bonchev–Trinajstić information content (AvgIpc) is 3.28. The van der Waals surface area contributed by atoms with Crippen LogP contribution in [-0.2, 0) is 11.3 Å². The number of carbonyl (C=O) groups excluding carboxylic acids is 2. The van der Waals surface area contributed by atoms with Gasteiger partial charge in [-0.3, -0.25) is 14.9 Å².